The lowest BCUT2D eigenvalue weighted by Crippen LogP contribution is -2.15. The van der Waals surface area contributed by atoms with E-state index < -0.39 is 23.7 Å². The molecule has 0 aliphatic carbocycles. The van der Waals surface area contributed by atoms with E-state index in [2.05, 4.69) is 0 Å². The standard InChI is InChI=1S/C16H14F2O3/c1-2-21-15(16(19)20)11-5-3-10(4-6-11)13-8-7-12(17)9-14(13)18/h3-9,15H,2H2,1H3,(H,19,20). The van der Waals surface area contributed by atoms with Crippen molar-refractivity contribution in [3.05, 3.63) is 59.7 Å². The molecular weight excluding hydrogens is 278 g/mol. The second-order valence-electron chi connectivity index (χ2n) is 4.42. The molecule has 2 aromatic rings. The SMILES string of the molecule is CCOC(C(=O)O)c1ccc(-c2ccc(F)cc2F)cc1. The molecule has 1 unspecified atom stereocenters. The molecule has 5 heteroatoms. The number of rotatable bonds is 5. The quantitative estimate of drug-likeness (QED) is 0.912. The van der Waals surface area contributed by atoms with Crippen molar-refractivity contribution in [3.63, 3.8) is 0 Å². The predicted octanol–water partition coefficient (Wildman–Crippen LogP) is 3.79. The van der Waals surface area contributed by atoms with Gasteiger partial charge in [-0.1, -0.05) is 24.3 Å². The topological polar surface area (TPSA) is 46.5 Å². The van der Waals surface area contributed by atoms with Gasteiger partial charge in [0.15, 0.2) is 6.10 Å². The van der Waals surface area contributed by atoms with Gasteiger partial charge in [0, 0.05) is 18.2 Å². The Morgan fingerprint density at radius 2 is 1.86 bits per heavy atom. The maximum absolute atomic E-state index is 13.7. The summed E-state index contributed by atoms with van der Waals surface area (Å²) in [6.45, 7) is 1.98. The third kappa shape index (κ3) is 3.44. The Morgan fingerprint density at radius 1 is 1.19 bits per heavy atom. The normalized spacial score (nSPS) is 12.1. The van der Waals surface area contributed by atoms with Crippen LogP contribution in [0.5, 0.6) is 0 Å². The molecule has 0 spiro atoms. The van der Waals surface area contributed by atoms with Gasteiger partial charge in [0.25, 0.3) is 0 Å². The van der Waals surface area contributed by atoms with Gasteiger partial charge in [0.2, 0.25) is 0 Å². The van der Waals surface area contributed by atoms with Crippen LogP contribution in [0.2, 0.25) is 0 Å². The van der Waals surface area contributed by atoms with Gasteiger partial charge in [0.1, 0.15) is 11.6 Å². The first-order valence-corrected chi connectivity index (χ1v) is 6.42. The molecule has 2 aromatic carbocycles. The Bertz CT molecular complexity index is 638. The van der Waals surface area contributed by atoms with E-state index in [9.17, 15) is 13.6 Å². The molecular formula is C16H14F2O3. The molecule has 110 valence electrons. The first-order valence-electron chi connectivity index (χ1n) is 6.42. The van der Waals surface area contributed by atoms with Crippen molar-refractivity contribution in [1.82, 2.24) is 0 Å². The molecule has 0 fully saturated rings. The third-order valence-corrected chi connectivity index (χ3v) is 3.01. The van der Waals surface area contributed by atoms with E-state index in [0.717, 1.165) is 6.07 Å². The van der Waals surface area contributed by atoms with Gasteiger partial charge in [-0.3, -0.25) is 0 Å². The lowest BCUT2D eigenvalue weighted by Gasteiger charge is -2.13. The average molecular weight is 292 g/mol. The number of carboxylic acid groups (broad SMARTS) is 1. The summed E-state index contributed by atoms with van der Waals surface area (Å²) in [5.74, 6) is -2.39. The van der Waals surface area contributed by atoms with E-state index in [1.807, 2.05) is 0 Å². The van der Waals surface area contributed by atoms with Gasteiger partial charge in [-0.25, -0.2) is 13.6 Å². The highest BCUT2D eigenvalue weighted by Gasteiger charge is 2.19. The van der Waals surface area contributed by atoms with Crippen LogP contribution in [0.4, 0.5) is 8.78 Å². The van der Waals surface area contributed by atoms with Gasteiger partial charge in [-0.2, -0.15) is 0 Å². The molecule has 0 aliphatic heterocycles. The largest absolute Gasteiger partial charge is 0.479 e. The summed E-state index contributed by atoms with van der Waals surface area (Å²) in [6.07, 6.45) is -1.05. The van der Waals surface area contributed by atoms with Crippen LogP contribution in [0.25, 0.3) is 11.1 Å². The highest BCUT2D eigenvalue weighted by atomic mass is 19.1. The third-order valence-electron chi connectivity index (χ3n) is 3.01. The highest BCUT2D eigenvalue weighted by molar-refractivity contribution is 5.75. The van der Waals surface area contributed by atoms with E-state index in [0.29, 0.717) is 11.1 Å². The summed E-state index contributed by atoms with van der Waals surface area (Å²) in [5.41, 5.74) is 1.26. The molecule has 2 rings (SSSR count). The van der Waals surface area contributed by atoms with Gasteiger partial charge in [-0.15, -0.1) is 0 Å². The van der Waals surface area contributed by atoms with Crippen molar-refractivity contribution in [2.75, 3.05) is 6.61 Å². The summed E-state index contributed by atoms with van der Waals surface area (Å²) in [6, 6.07) is 9.62. The van der Waals surface area contributed by atoms with E-state index in [-0.39, 0.29) is 12.2 Å². The molecule has 0 radical (unpaired) electrons. The number of hydrogen-bond acceptors (Lipinski definition) is 2. The molecule has 3 nitrogen and oxygen atoms in total. The van der Waals surface area contributed by atoms with Crippen LogP contribution in [0.3, 0.4) is 0 Å². The van der Waals surface area contributed by atoms with E-state index in [1.165, 1.54) is 12.1 Å². The molecule has 0 aliphatic rings. The minimum absolute atomic E-state index is 0.256. The molecule has 0 saturated carbocycles. The summed E-state index contributed by atoms with van der Waals surface area (Å²) >= 11 is 0. The predicted molar refractivity (Wildman–Crippen MR) is 73.8 cm³/mol. The van der Waals surface area contributed by atoms with Crippen molar-refractivity contribution in [2.45, 2.75) is 13.0 Å². The Hall–Kier alpha value is -2.27. The maximum atomic E-state index is 13.7. The summed E-state index contributed by atoms with van der Waals surface area (Å²) in [5, 5.41) is 9.09. The fourth-order valence-electron chi connectivity index (χ4n) is 2.04. The van der Waals surface area contributed by atoms with Crippen LogP contribution >= 0.6 is 0 Å². The zero-order valence-electron chi connectivity index (χ0n) is 11.3. The molecule has 0 saturated heterocycles. The Kier molecular flexibility index (Phi) is 4.65. The first-order chi connectivity index (χ1) is 10.0. The molecule has 0 bridgehead atoms. The van der Waals surface area contributed by atoms with Crippen LogP contribution in [0.1, 0.15) is 18.6 Å². The second kappa shape index (κ2) is 6.45. The Morgan fingerprint density at radius 3 is 2.38 bits per heavy atom. The first kappa shape index (κ1) is 15.1. The number of ether oxygens (including phenoxy) is 1. The molecule has 21 heavy (non-hydrogen) atoms. The number of benzene rings is 2. The Labute approximate surface area is 120 Å². The van der Waals surface area contributed by atoms with Crippen molar-refractivity contribution in [2.24, 2.45) is 0 Å². The fraction of sp³-hybridized carbons (Fsp3) is 0.188. The van der Waals surface area contributed by atoms with Gasteiger partial charge in [0.05, 0.1) is 0 Å². The molecule has 0 aromatic heterocycles. The van der Waals surface area contributed by atoms with Gasteiger partial charge < -0.3 is 9.84 Å². The van der Waals surface area contributed by atoms with Gasteiger partial charge >= 0.3 is 5.97 Å². The maximum Gasteiger partial charge on any atom is 0.337 e. The van der Waals surface area contributed by atoms with Crippen LogP contribution in [-0.4, -0.2) is 17.7 Å². The van der Waals surface area contributed by atoms with Crippen molar-refractivity contribution < 1.29 is 23.4 Å². The van der Waals surface area contributed by atoms with Gasteiger partial charge in [-0.05, 0) is 30.2 Å². The number of carbonyl (C=O) groups is 1. The van der Waals surface area contributed by atoms with Crippen LogP contribution in [0.15, 0.2) is 42.5 Å². The smallest absolute Gasteiger partial charge is 0.337 e. The van der Waals surface area contributed by atoms with Crippen LogP contribution < -0.4 is 0 Å². The second-order valence-corrected chi connectivity index (χ2v) is 4.42. The lowest BCUT2D eigenvalue weighted by atomic mass is 10.0. The summed E-state index contributed by atoms with van der Waals surface area (Å²) in [7, 11) is 0. The fourth-order valence-corrected chi connectivity index (χ4v) is 2.04. The molecule has 1 N–H and O–H groups in total. The van der Waals surface area contributed by atoms with E-state index in [1.54, 1.807) is 31.2 Å². The zero-order chi connectivity index (χ0) is 15.4. The molecule has 0 amide bonds. The van der Waals surface area contributed by atoms with Crippen molar-refractivity contribution in [3.8, 4) is 11.1 Å². The Balaban J connectivity index is 2.31. The summed E-state index contributed by atoms with van der Waals surface area (Å²) < 4.78 is 31.7. The number of halogens is 2. The average Bonchev–Trinajstić information content (AvgIpc) is 2.45. The molecule has 0 heterocycles. The van der Waals surface area contributed by atoms with E-state index in [4.69, 9.17) is 9.84 Å². The van der Waals surface area contributed by atoms with Crippen molar-refractivity contribution >= 4 is 5.97 Å². The minimum atomic E-state index is -1.09. The van der Waals surface area contributed by atoms with Crippen LogP contribution in [0, 0.1) is 11.6 Å². The number of carboxylic acids is 1. The molecule has 1 atom stereocenters. The van der Waals surface area contributed by atoms with E-state index >= 15 is 0 Å². The number of hydrogen-bond donors (Lipinski definition) is 1. The zero-order valence-corrected chi connectivity index (χ0v) is 11.3. The van der Waals surface area contributed by atoms with Crippen molar-refractivity contribution in [1.29, 1.82) is 0 Å². The lowest BCUT2D eigenvalue weighted by molar-refractivity contribution is -0.150. The summed E-state index contributed by atoms with van der Waals surface area (Å²) in [4.78, 5) is 11.1. The number of aliphatic carboxylic acids is 1. The van der Waals surface area contributed by atoms with Crippen LogP contribution in [-0.2, 0) is 9.53 Å². The highest BCUT2D eigenvalue weighted by Crippen LogP contribution is 2.26. The monoisotopic (exact) mass is 292 g/mol. The minimum Gasteiger partial charge on any atom is -0.479 e.